The molecule has 1 aliphatic heterocycles. The van der Waals surface area contributed by atoms with Gasteiger partial charge in [-0.15, -0.1) is 0 Å². The first-order chi connectivity index (χ1) is 5.02. The first-order valence-electron chi connectivity index (χ1n) is 4.27. The summed E-state index contributed by atoms with van der Waals surface area (Å²) in [5.41, 5.74) is 0.357. The minimum atomic E-state index is 0.299. The van der Waals surface area contributed by atoms with Crippen molar-refractivity contribution in [3.8, 4) is 0 Å². The van der Waals surface area contributed by atoms with E-state index in [-0.39, 0.29) is 0 Å². The van der Waals surface area contributed by atoms with Gasteiger partial charge in [0, 0.05) is 25.0 Å². The SMILES string of the molecule is CC(=O)CCN1CCC1(C)C. The number of hydrogen-bond acceptors (Lipinski definition) is 2. The van der Waals surface area contributed by atoms with Crippen LogP contribution in [-0.2, 0) is 4.79 Å². The summed E-state index contributed by atoms with van der Waals surface area (Å²) < 4.78 is 0. The van der Waals surface area contributed by atoms with Gasteiger partial charge in [-0.1, -0.05) is 0 Å². The lowest BCUT2D eigenvalue weighted by molar-refractivity contribution is -0.118. The minimum absolute atomic E-state index is 0.299. The van der Waals surface area contributed by atoms with Gasteiger partial charge in [-0.05, 0) is 27.2 Å². The third-order valence-corrected chi connectivity index (χ3v) is 2.58. The number of rotatable bonds is 3. The van der Waals surface area contributed by atoms with Crippen LogP contribution >= 0.6 is 0 Å². The highest BCUT2D eigenvalue weighted by Gasteiger charge is 2.34. The normalized spacial score (nSPS) is 22.8. The Morgan fingerprint density at radius 2 is 2.18 bits per heavy atom. The lowest BCUT2D eigenvalue weighted by Crippen LogP contribution is -2.56. The van der Waals surface area contributed by atoms with Gasteiger partial charge in [0.2, 0.25) is 0 Å². The quantitative estimate of drug-likeness (QED) is 0.615. The molecule has 1 saturated heterocycles. The molecule has 64 valence electrons. The Kier molecular flexibility index (Phi) is 2.33. The lowest BCUT2D eigenvalue weighted by atomic mass is 9.89. The van der Waals surface area contributed by atoms with Gasteiger partial charge in [-0.25, -0.2) is 0 Å². The van der Waals surface area contributed by atoms with Crippen molar-refractivity contribution in [1.29, 1.82) is 0 Å². The van der Waals surface area contributed by atoms with Crippen molar-refractivity contribution in [2.75, 3.05) is 13.1 Å². The van der Waals surface area contributed by atoms with Crippen LogP contribution in [0.1, 0.15) is 33.6 Å². The Hall–Kier alpha value is -0.370. The number of Topliss-reactive ketones (excluding diaryl/α,β-unsaturated/α-hetero) is 1. The van der Waals surface area contributed by atoms with Crippen LogP contribution in [-0.4, -0.2) is 29.3 Å². The largest absolute Gasteiger partial charge is 0.300 e. The van der Waals surface area contributed by atoms with E-state index in [1.807, 2.05) is 0 Å². The monoisotopic (exact) mass is 155 g/mol. The Morgan fingerprint density at radius 1 is 1.55 bits per heavy atom. The zero-order chi connectivity index (χ0) is 8.48. The molecule has 0 radical (unpaired) electrons. The number of carbonyl (C=O) groups is 1. The van der Waals surface area contributed by atoms with E-state index in [0.29, 0.717) is 17.7 Å². The van der Waals surface area contributed by atoms with E-state index in [1.165, 1.54) is 13.0 Å². The molecule has 0 aromatic heterocycles. The fraction of sp³-hybridized carbons (Fsp3) is 0.889. The molecule has 1 heterocycles. The van der Waals surface area contributed by atoms with Gasteiger partial charge in [0.15, 0.2) is 0 Å². The van der Waals surface area contributed by atoms with Crippen molar-refractivity contribution < 1.29 is 4.79 Å². The zero-order valence-corrected chi connectivity index (χ0v) is 7.68. The number of carbonyl (C=O) groups excluding carboxylic acids is 1. The van der Waals surface area contributed by atoms with Gasteiger partial charge in [-0.3, -0.25) is 9.69 Å². The van der Waals surface area contributed by atoms with E-state index in [2.05, 4.69) is 18.7 Å². The van der Waals surface area contributed by atoms with Crippen LogP contribution in [0.15, 0.2) is 0 Å². The summed E-state index contributed by atoms with van der Waals surface area (Å²) >= 11 is 0. The highest BCUT2D eigenvalue weighted by atomic mass is 16.1. The molecule has 0 aromatic carbocycles. The van der Waals surface area contributed by atoms with Crippen molar-refractivity contribution in [3.63, 3.8) is 0 Å². The summed E-state index contributed by atoms with van der Waals surface area (Å²) in [6.45, 7) is 8.24. The summed E-state index contributed by atoms with van der Waals surface area (Å²) in [5, 5.41) is 0. The van der Waals surface area contributed by atoms with Crippen molar-refractivity contribution >= 4 is 5.78 Å². The first kappa shape index (κ1) is 8.72. The van der Waals surface area contributed by atoms with Crippen LogP contribution in [0.5, 0.6) is 0 Å². The maximum Gasteiger partial charge on any atom is 0.131 e. The molecule has 0 spiro atoms. The maximum absolute atomic E-state index is 10.7. The standard InChI is InChI=1S/C9H17NO/c1-8(11)4-6-10-7-5-9(10,2)3/h4-7H2,1-3H3. The predicted octanol–water partition coefficient (Wildman–Crippen LogP) is 1.45. The van der Waals surface area contributed by atoms with Gasteiger partial charge >= 0.3 is 0 Å². The smallest absolute Gasteiger partial charge is 0.131 e. The molecular formula is C9H17NO. The molecular weight excluding hydrogens is 138 g/mol. The number of ketones is 1. The fourth-order valence-electron chi connectivity index (χ4n) is 1.42. The molecule has 0 atom stereocenters. The molecule has 0 aromatic rings. The van der Waals surface area contributed by atoms with Crippen LogP contribution in [0, 0.1) is 0 Å². The topological polar surface area (TPSA) is 20.3 Å². The van der Waals surface area contributed by atoms with E-state index < -0.39 is 0 Å². The maximum atomic E-state index is 10.7. The van der Waals surface area contributed by atoms with Crippen LogP contribution in [0.4, 0.5) is 0 Å². The average Bonchev–Trinajstić information content (AvgIpc) is 1.85. The van der Waals surface area contributed by atoms with Gasteiger partial charge in [-0.2, -0.15) is 0 Å². The second-order valence-corrected chi connectivity index (χ2v) is 4.00. The van der Waals surface area contributed by atoms with Crippen molar-refractivity contribution in [3.05, 3.63) is 0 Å². The molecule has 2 heteroatoms. The molecule has 1 aliphatic rings. The number of nitrogens with zero attached hydrogens (tertiary/aromatic N) is 1. The van der Waals surface area contributed by atoms with Crippen molar-refractivity contribution in [1.82, 2.24) is 4.90 Å². The highest BCUT2D eigenvalue weighted by molar-refractivity contribution is 5.75. The van der Waals surface area contributed by atoms with E-state index >= 15 is 0 Å². The molecule has 0 N–H and O–H groups in total. The minimum Gasteiger partial charge on any atom is -0.300 e. The van der Waals surface area contributed by atoms with Gasteiger partial charge in [0.25, 0.3) is 0 Å². The average molecular weight is 155 g/mol. The Labute approximate surface area is 68.6 Å². The Bertz CT molecular complexity index is 163. The van der Waals surface area contributed by atoms with Crippen LogP contribution < -0.4 is 0 Å². The summed E-state index contributed by atoms with van der Waals surface area (Å²) in [7, 11) is 0. The lowest BCUT2D eigenvalue weighted by Gasteiger charge is -2.48. The molecule has 1 fully saturated rings. The molecule has 0 amide bonds. The highest BCUT2D eigenvalue weighted by Crippen LogP contribution is 2.28. The van der Waals surface area contributed by atoms with Gasteiger partial charge in [0.1, 0.15) is 5.78 Å². The van der Waals surface area contributed by atoms with Crippen molar-refractivity contribution in [2.45, 2.75) is 39.2 Å². The van der Waals surface area contributed by atoms with E-state index in [4.69, 9.17) is 0 Å². The molecule has 2 nitrogen and oxygen atoms in total. The molecule has 0 unspecified atom stereocenters. The van der Waals surface area contributed by atoms with Crippen molar-refractivity contribution in [2.24, 2.45) is 0 Å². The third kappa shape index (κ3) is 2.03. The summed E-state index contributed by atoms with van der Waals surface area (Å²) in [6.07, 6.45) is 1.98. The molecule has 1 rings (SSSR count). The zero-order valence-electron chi connectivity index (χ0n) is 7.68. The first-order valence-corrected chi connectivity index (χ1v) is 4.27. The fourth-order valence-corrected chi connectivity index (χ4v) is 1.42. The predicted molar refractivity (Wildman–Crippen MR) is 45.6 cm³/mol. The molecule has 11 heavy (non-hydrogen) atoms. The molecule has 0 saturated carbocycles. The second kappa shape index (κ2) is 2.94. The Balaban J connectivity index is 2.23. The van der Waals surface area contributed by atoms with E-state index in [1.54, 1.807) is 6.92 Å². The summed E-state index contributed by atoms with van der Waals surface area (Å²) in [6, 6.07) is 0. The van der Waals surface area contributed by atoms with E-state index in [9.17, 15) is 4.79 Å². The molecule has 0 aliphatic carbocycles. The van der Waals surface area contributed by atoms with Crippen LogP contribution in [0.3, 0.4) is 0 Å². The van der Waals surface area contributed by atoms with Crippen LogP contribution in [0.25, 0.3) is 0 Å². The summed E-state index contributed by atoms with van der Waals surface area (Å²) in [4.78, 5) is 13.0. The van der Waals surface area contributed by atoms with Crippen LogP contribution in [0.2, 0.25) is 0 Å². The third-order valence-electron chi connectivity index (χ3n) is 2.58. The number of likely N-dealkylation sites (tertiary alicyclic amines) is 1. The summed E-state index contributed by atoms with van der Waals surface area (Å²) in [5.74, 6) is 0.299. The van der Waals surface area contributed by atoms with Gasteiger partial charge in [0.05, 0.1) is 0 Å². The van der Waals surface area contributed by atoms with E-state index in [0.717, 1.165) is 6.54 Å². The number of hydrogen-bond donors (Lipinski definition) is 0. The van der Waals surface area contributed by atoms with Gasteiger partial charge < -0.3 is 0 Å². The second-order valence-electron chi connectivity index (χ2n) is 4.00. The Morgan fingerprint density at radius 3 is 2.45 bits per heavy atom. The molecule has 0 bridgehead atoms.